The number of nitrogens with one attached hydrogen (secondary N) is 1. The first-order chi connectivity index (χ1) is 13.6. The second-order valence-corrected chi connectivity index (χ2v) is 8.96. The van der Waals surface area contributed by atoms with Crippen molar-refractivity contribution in [3.63, 3.8) is 0 Å². The summed E-state index contributed by atoms with van der Waals surface area (Å²) in [6.07, 6.45) is 4.67. The highest BCUT2D eigenvalue weighted by Crippen LogP contribution is 2.31. The van der Waals surface area contributed by atoms with Crippen molar-refractivity contribution in [2.24, 2.45) is 5.92 Å². The van der Waals surface area contributed by atoms with E-state index in [-0.39, 0.29) is 11.9 Å². The fraction of sp³-hybridized carbons (Fsp3) is 0.304. The third kappa shape index (κ3) is 4.34. The van der Waals surface area contributed by atoms with Gasteiger partial charge in [0.05, 0.1) is 11.1 Å². The van der Waals surface area contributed by atoms with Crippen LogP contribution in [0.5, 0.6) is 0 Å². The molecule has 0 saturated heterocycles. The zero-order valence-electron chi connectivity index (χ0n) is 15.8. The molecule has 3 nitrogen and oxygen atoms in total. The topological polar surface area (TPSA) is 42.0 Å². The SMILES string of the molecule is CC1CCCCC1NC(=O)c1cc(Sc2cccc(Cl)c2)nc2ccccc12. The number of pyridine rings is 1. The fourth-order valence-corrected chi connectivity index (χ4v) is 4.97. The number of aromatic nitrogens is 1. The standard InChI is InChI=1S/C23H23ClN2OS/c1-15-7-2-4-11-20(15)26-23(27)19-14-22(25-21-12-5-3-10-18(19)21)28-17-9-6-8-16(24)13-17/h3,5-6,8-10,12-15,20H,2,4,7,11H2,1H3,(H,26,27). The van der Waals surface area contributed by atoms with Gasteiger partial charge < -0.3 is 5.32 Å². The molecule has 1 heterocycles. The molecule has 1 aromatic heterocycles. The smallest absolute Gasteiger partial charge is 0.252 e. The number of rotatable bonds is 4. The number of para-hydroxylation sites is 1. The van der Waals surface area contributed by atoms with E-state index >= 15 is 0 Å². The second-order valence-electron chi connectivity index (χ2n) is 7.43. The van der Waals surface area contributed by atoms with Crippen LogP contribution in [0.3, 0.4) is 0 Å². The molecule has 1 saturated carbocycles. The zero-order chi connectivity index (χ0) is 19.5. The van der Waals surface area contributed by atoms with Crippen molar-refractivity contribution >= 4 is 40.2 Å². The molecular weight excluding hydrogens is 388 g/mol. The molecule has 2 unspecified atom stereocenters. The predicted octanol–water partition coefficient (Wildman–Crippen LogP) is 6.35. The Bertz CT molecular complexity index is 1010. The third-order valence-corrected chi connectivity index (χ3v) is 6.53. The summed E-state index contributed by atoms with van der Waals surface area (Å²) in [5.41, 5.74) is 1.52. The number of fused-ring (bicyclic) bond motifs is 1. The van der Waals surface area contributed by atoms with Crippen LogP contribution in [0.15, 0.2) is 64.5 Å². The van der Waals surface area contributed by atoms with Gasteiger partial charge in [0.2, 0.25) is 0 Å². The number of carbonyl (C=O) groups is 1. The van der Waals surface area contributed by atoms with Gasteiger partial charge >= 0.3 is 0 Å². The van der Waals surface area contributed by atoms with Crippen LogP contribution in [-0.4, -0.2) is 16.9 Å². The van der Waals surface area contributed by atoms with Crippen LogP contribution in [0.4, 0.5) is 0 Å². The quantitative estimate of drug-likeness (QED) is 0.545. The van der Waals surface area contributed by atoms with Crippen LogP contribution in [0.1, 0.15) is 43.0 Å². The molecule has 1 aliphatic rings. The monoisotopic (exact) mass is 410 g/mol. The van der Waals surface area contributed by atoms with E-state index in [1.165, 1.54) is 31.0 Å². The number of halogens is 1. The van der Waals surface area contributed by atoms with Crippen molar-refractivity contribution in [2.75, 3.05) is 0 Å². The normalized spacial score (nSPS) is 19.5. The minimum absolute atomic E-state index is 0.00899. The molecule has 0 radical (unpaired) electrons. The van der Waals surface area contributed by atoms with Gasteiger partial charge in [-0.25, -0.2) is 4.98 Å². The summed E-state index contributed by atoms with van der Waals surface area (Å²) in [7, 11) is 0. The summed E-state index contributed by atoms with van der Waals surface area (Å²) in [5, 5.41) is 5.65. The highest BCUT2D eigenvalue weighted by molar-refractivity contribution is 7.99. The lowest BCUT2D eigenvalue weighted by molar-refractivity contribution is 0.0911. The third-order valence-electron chi connectivity index (χ3n) is 5.38. The first-order valence-electron chi connectivity index (χ1n) is 9.74. The molecule has 1 aliphatic carbocycles. The van der Waals surface area contributed by atoms with E-state index < -0.39 is 0 Å². The molecule has 1 fully saturated rings. The van der Waals surface area contributed by atoms with Gasteiger partial charge in [-0.05, 0) is 49.1 Å². The van der Waals surface area contributed by atoms with Gasteiger partial charge in [-0.2, -0.15) is 0 Å². The molecule has 0 bridgehead atoms. The van der Waals surface area contributed by atoms with Crippen LogP contribution in [-0.2, 0) is 0 Å². The van der Waals surface area contributed by atoms with Crippen molar-refractivity contribution in [3.8, 4) is 0 Å². The minimum atomic E-state index is -0.00899. The molecule has 4 rings (SSSR count). The average Bonchev–Trinajstić information content (AvgIpc) is 2.69. The van der Waals surface area contributed by atoms with E-state index in [4.69, 9.17) is 16.6 Å². The Morgan fingerprint density at radius 2 is 1.93 bits per heavy atom. The van der Waals surface area contributed by atoms with Crippen LogP contribution in [0.25, 0.3) is 10.9 Å². The predicted molar refractivity (Wildman–Crippen MR) is 116 cm³/mol. The van der Waals surface area contributed by atoms with Crippen LogP contribution >= 0.6 is 23.4 Å². The Kier molecular flexibility index (Phi) is 5.88. The largest absolute Gasteiger partial charge is 0.349 e. The van der Waals surface area contributed by atoms with Crippen LogP contribution in [0.2, 0.25) is 5.02 Å². The molecule has 144 valence electrons. The van der Waals surface area contributed by atoms with Crippen molar-refractivity contribution in [1.29, 1.82) is 0 Å². The van der Waals surface area contributed by atoms with Crippen molar-refractivity contribution < 1.29 is 4.79 Å². The summed E-state index contributed by atoms with van der Waals surface area (Å²) < 4.78 is 0. The van der Waals surface area contributed by atoms with Gasteiger partial charge in [0.15, 0.2) is 0 Å². The van der Waals surface area contributed by atoms with Crippen LogP contribution < -0.4 is 5.32 Å². The highest BCUT2D eigenvalue weighted by Gasteiger charge is 2.24. The van der Waals surface area contributed by atoms with E-state index in [0.29, 0.717) is 16.5 Å². The van der Waals surface area contributed by atoms with Gasteiger partial charge in [-0.1, -0.05) is 67.4 Å². The molecule has 1 amide bonds. The lowest BCUT2D eigenvalue weighted by Gasteiger charge is -2.29. The molecule has 2 atom stereocenters. The molecular formula is C23H23ClN2OS. The van der Waals surface area contributed by atoms with Gasteiger partial charge in [-0.3, -0.25) is 4.79 Å². The molecule has 5 heteroatoms. The average molecular weight is 411 g/mol. The fourth-order valence-electron chi connectivity index (χ4n) is 3.82. The summed E-state index contributed by atoms with van der Waals surface area (Å²) in [4.78, 5) is 18.9. The van der Waals surface area contributed by atoms with E-state index in [9.17, 15) is 4.79 Å². The van der Waals surface area contributed by atoms with Gasteiger partial charge in [-0.15, -0.1) is 0 Å². The maximum absolute atomic E-state index is 13.2. The first kappa shape index (κ1) is 19.3. The zero-order valence-corrected chi connectivity index (χ0v) is 17.4. The molecule has 28 heavy (non-hydrogen) atoms. The Hall–Kier alpha value is -2.04. The van der Waals surface area contributed by atoms with E-state index in [2.05, 4.69) is 12.2 Å². The molecule has 2 aromatic carbocycles. The van der Waals surface area contributed by atoms with Crippen molar-refractivity contribution in [2.45, 2.75) is 48.6 Å². The Morgan fingerprint density at radius 1 is 1.11 bits per heavy atom. The van der Waals surface area contributed by atoms with Crippen molar-refractivity contribution in [1.82, 2.24) is 10.3 Å². The van der Waals surface area contributed by atoms with Gasteiger partial charge in [0.25, 0.3) is 5.91 Å². The Labute approximate surface area is 174 Å². The van der Waals surface area contributed by atoms with E-state index in [1.54, 1.807) is 0 Å². The summed E-state index contributed by atoms with van der Waals surface area (Å²) in [5.74, 6) is 0.511. The van der Waals surface area contributed by atoms with Gasteiger partial charge in [0.1, 0.15) is 5.03 Å². The van der Waals surface area contributed by atoms with Crippen LogP contribution in [0, 0.1) is 5.92 Å². The summed E-state index contributed by atoms with van der Waals surface area (Å²) in [6, 6.07) is 17.7. The Balaban J connectivity index is 1.67. The second kappa shape index (κ2) is 8.54. The molecule has 1 N–H and O–H groups in total. The number of nitrogens with zero attached hydrogens (tertiary/aromatic N) is 1. The maximum atomic E-state index is 13.2. The Morgan fingerprint density at radius 3 is 2.75 bits per heavy atom. The summed E-state index contributed by atoms with van der Waals surface area (Å²) in [6.45, 7) is 2.23. The van der Waals surface area contributed by atoms with E-state index in [1.807, 2.05) is 54.6 Å². The lowest BCUT2D eigenvalue weighted by Crippen LogP contribution is -2.41. The van der Waals surface area contributed by atoms with E-state index in [0.717, 1.165) is 27.2 Å². The maximum Gasteiger partial charge on any atom is 0.252 e. The number of amides is 1. The first-order valence-corrected chi connectivity index (χ1v) is 10.9. The summed E-state index contributed by atoms with van der Waals surface area (Å²) >= 11 is 7.63. The highest BCUT2D eigenvalue weighted by atomic mass is 35.5. The molecule has 3 aromatic rings. The number of carbonyl (C=O) groups excluding carboxylic acids is 1. The molecule has 0 aliphatic heterocycles. The lowest BCUT2D eigenvalue weighted by atomic mass is 9.86. The number of hydrogen-bond acceptors (Lipinski definition) is 3. The molecule has 0 spiro atoms. The number of hydrogen-bond donors (Lipinski definition) is 1. The van der Waals surface area contributed by atoms with Crippen molar-refractivity contribution in [3.05, 3.63) is 65.2 Å². The van der Waals surface area contributed by atoms with Gasteiger partial charge in [0, 0.05) is 21.3 Å². The minimum Gasteiger partial charge on any atom is -0.349 e. The number of benzene rings is 2.